The average Bonchev–Trinajstić information content (AvgIpc) is 2.42. The van der Waals surface area contributed by atoms with Gasteiger partial charge in [0, 0.05) is 0 Å². The number of carbonyl (C=O) groups is 2. The van der Waals surface area contributed by atoms with Crippen LogP contribution in [0.5, 0.6) is 5.75 Å². The first-order valence-electron chi connectivity index (χ1n) is 5.91. The zero-order chi connectivity index (χ0) is 14.3. The van der Waals surface area contributed by atoms with Gasteiger partial charge in [0.25, 0.3) is 0 Å². The lowest BCUT2D eigenvalue weighted by molar-refractivity contribution is -0.238. The maximum Gasteiger partial charge on any atom is 0.386 e. The van der Waals surface area contributed by atoms with Crippen molar-refractivity contribution >= 4 is 11.9 Å². The molecule has 102 valence electrons. The molecule has 0 saturated heterocycles. The van der Waals surface area contributed by atoms with E-state index in [4.69, 9.17) is 5.11 Å². The van der Waals surface area contributed by atoms with E-state index in [1.54, 1.807) is 6.08 Å². The van der Waals surface area contributed by atoms with Crippen LogP contribution in [-0.2, 0) is 14.6 Å². The predicted octanol–water partition coefficient (Wildman–Crippen LogP) is 2.61. The number of phenolic OH excluding ortho intramolecular Hbond substituents is 1. The van der Waals surface area contributed by atoms with E-state index >= 15 is 0 Å². The van der Waals surface area contributed by atoms with Gasteiger partial charge in [-0.3, -0.25) is 0 Å². The van der Waals surface area contributed by atoms with E-state index in [0.29, 0.717) is 12.8 Å². The first-order chi connectivity index (χ1) is 9.08. The van der Waals surface area contributed by atoms with Gasteiger partial charge in [0.1, 0.15) is 5.75 Å². The van der Waals surface area contributed by atoms with E-state index in [1.165, 1.54) is 24.3 Å². The second-order valence-electron chi connectivity index (χ2n) is 3.95. The molecule has 0 aliphatic carbocycles. The summed E-state index contributed by atoms with van der Waals surface area (Å²) in [5.74, 6) is -1.73. The minimum absolute atomic E-state index is 0.0329. The van der Waals surface area contributed by atoms with E-state index in [1.807, 2.05) is 6.92 Å². The third-order valence-corrected chi connectivity index (χ3v) is 2.58. The normalized spacial score (nSPS) is 11.4. The van der Waals surface area contributed by atoms with Gasteiger partial charge in [-0.1, -0.05) is 13.0 Å². The summed E-state index contributed by atoms with van der Waals surface area (Å²) in [6.07, 6.45) is 2.64. The Morgan fingerprint density at radius 1 is 1.32 bits per heavy atom. The van der Waals surface area contributed by atoms with Gasteiger partial charge in [-0.15, -0.1) is 6.58 Å². The molecule has 0 aromatic heterocycles. The van der Waals surface area contributed by atoms with Crippen LogP contribution in [0.2, 0.25) is 0 Å². The molecule has 0 bridgehead atoms. The van der Waals surface area contributed by atoms with Gasteiger partial charge in [0.2, 0.25) is 0 Å². The van der Waals surface area contributed by atoms with Crippen LogP contribution < -0.4 is 0 Å². The Hall–Kier alpha value is -2.30. The fraction of sp³-hybridized carbons (Fsp3) is 0.286. The zero-order valence-corrected chi connectivity index (χ0v) is 10.7. The number of carbonyl (C=O) groups excluding carboxylic acids is 2. The second-order valence-corrected chi connectivity index (χ2v) is 3.95. The molecule has 0 aliphatic rings. The summed E-state index contributed by atoms with van der Waals surface area (Å²) in [7, 11) is 0. The van der Waals surface area contributed by atoms with E-state index in [9.17, 15) is 9.59 Å². The Morgan fingerprint density at radius 2 is 1.95 bits per heavy atom. The molecule has 1 aromatic rings. The fourth-order valence-corrected chi connectivity index (χ4v) is 1.42. The van der Waals surface area contributed by atoms with Crippen LogP contribution in [0.1, 0.15) is 30.1 Å². The van der Waals surface area contributed by atoms with Gasteiger partial charge < -0.3 is 5.11 Å². The lowest BCUT2D eigenvalue weighted by Gasteiger charge is -2.10. The number of benzene rings is 1. The molecule has 5 heteroatoms. The fourth-order valence-electron chi connectivity index (χ4n) is 1.42. The molecule has 5 nitrogen and oxygen atoms in total. The second kappa shape index (κ2) is 7.20. The predicted molar refractivity (Wildman–Crippen MR) is 68.2 cm³/mol. The van der Waals surface area contributed by atoms with E-state index in [-0.39, 0.29) is 17.2 Å². The van der Waals surface area contributed by atoms with Crippen LogP contribution in [-0.4, -0.2) is 17.0 Å². The van der Waals surface area contributed by atoms with Crippen molar-refractivity contribution < 1.29 is 24.5 Å². The van der Waals surface area contributed by atoms with Crippen LogP contribution in [0, 0.1) is 5.92 Å². The van der Waals surface area contributed by atoms with Crippen LogP contribution in [0.4, 0.5) is 0 Å². The molecule has 1 rings (SSSR count). The Kier molecular flexibility index (Phi) is 5.60. The Labute approximate surface area is 111 Å². The molecule has 0 heterocycles. The van der Waals surface area contributed by atoms with Crippen molar-refractivity contribution in [2.75, 3.05) is 0 Å². The summed E-state index contributed by atoms with van der Waals surface area (Å²) in [4.78, 5) is 32.0. The van der Waals surface area contributed by atoms with Crippen molar-refractivity contribution in [2.45, 2.75) is 19.8 Å². The summed E-state index contributed by atoms with van der Waals surface area (Å²) in [6, 6.07) is 5.41. The van der Waals surface area contributed by atoms with E-state index < -0.39 is 11.9 Å². The maximum absolute atomic E-state index is 11.6. The molecule has 0 fully saturated rings. The molecule has 1 atom stereocenters. The molecule has 0 saturated carbocycles. The monoisotopic (exact) mass is 264 g/mol. The molecule has 0 spiro atoms. The standard InChI is InChI=1S/C14H16O5/c1-3-5-10(4-2)13(16)18-19-14(17)11-6-8-12(15)9-7-11/h3,6-10,15H,1,4-5H2,2H3/t10-/m1/s1. The van der Waals surface area contributed by atoms with Gasteiger partial charge >= 0.3 is 11.9 Å². The van der Waals surface area contributed by atoms with Crippen molar-refractivity contribution in [3.8, 4) is 5.75 Å². The van der Waals surface area contributed by atoms with Crippen molar-refractivity contribution in [3.63, 3.8) is 0 Å². The lowest BCUT2D eigenvalue weighted by Crippen LogP contribution is -2.19. The summed E-state index contributed by atoms with van der Waals surface area (Å²) < 4.78 is 0. The van der Waals surface area contributed by atoms with Gasteiger partial charge in [-0.25, -0.2) is 19.4 Å². The molecule has 0 radical (unpaired) electrons. The minimum atomic E-state index is -0.790. The number of hydrogen-bond acceptors (Lipinski definition) is 5. The van der Waals surface area contributed by atoms with Crippen molar-refractivity contribution in [1.82, 2.24) is 0 Å². The molecular weight excluding hydrogens is 248 g/mol. The molecule has 0 amide bonds. The minimum Gasteiger partial charge on any atom is -0.508 e. The van der Waals surface area contributed by atoms with Gasteiger partial charge in [-0.2, -0.15) is 0 Å². The Bertz CT molecular complexity index is 449. The largest absolute Gasteiger partial charge is 0.508 e. The summed E-state index contributed by atoms with van der Waals surface area (Å²) in [5, 5.41) is 9.07. The molecule has 0 aliphatic heterocycles. The molecule has 19 heavy (non-hydrogen) atoms. The summed E-state index contributed by atoms with van der Waals surface area (Å²) in [5.41, 5.74) is 0.183. The number of hydrogen-bond donors (Lipinski definition) is 1. The highest BCUT2D eigenvalue weighted by molar-refractivity contribution is 5.89. The van der Waals surface area contributed by atoms with Gasteiger partial charge in [0.15, 0.2) is 0 Å². The van der Waals surface area contributed by atoms with E-state index in [2.05, 4.69) is 16.4 Å². The number of aromatic hydroxyl groups is 1. The Morgan fingerprint density at radius 3 is 2.47 bits per heavy atom. The molecule has 1 N–H and O–H groups in total. The Balaban J connectivity index is 2.52. The summed E-state index contributed by atoms with van der Waals surface area (Å²) >= 11 is 0. The topological polar surface area (TPSA) is 72.8 Å². The number of allylic oxidation sites excluding steroid dienone is 1. The van der Waals surface area contributed by atoms with E-state index in [0.717, 1.165) is 0 Å². The third kappa shape index (κ3) is 4.46. The highest BCUT2D eigenvalue weighted by Crippen LogP contribution is 2.13. The maximum atomic E-state index is 11.6. The summed E-state index contributed by atoms with van der Waals surface area (Å²) in [6.45, 7) is 5.37. The first kappa shape index (κ1) is 14.8. The van der Waals surface area contributed by atoms with Crippen molar-refractivity contribution in [3.05, 3.63) is 42.5 Å². The zero-order valence-electron chi connectivity index (χ0n) is 10.7. The van der Waals surface area contributed by atoms with Gasteiger partial charge in [0.05, 0.1) is 11.5 Å². The van der Waals surface area contributed by atoms with Crippen molar-refractivity contribution in [1.29, 1.82) is 0 Å². The van der Waals surface area contributed by atoms with Crippen LogP contribution in [0.25, 0.3) is 0 Å². The highest BCUT2D eigenvalue weighted by atomic mass is 17.2. The van der Waals surface area contributed by atoms with Crippen LogP contribution >= 0.6 is 0 Å². The average molecular weight is 264 g/mol. The number of rotatable bonds is 5. The smallest absolute Gasteiger partial charge is 0.386 e. The molecule has 0 unspecified atom stereocenters. The quantitative estimate of drug-likeness (QED) is 0.502. The van der Waals surface area contributed by atoms with Crippen LogP contribution in [0.15, 0.2) is 36.9 Å². The third-order valence-electron chi connectivity index (χ3n) is 2.58. The number of phenols is 1. The lowest BCUT2D eigenvalue weighted by atomic mass is 10.0. The highest BCUT2D eigenvalue weighted by Gasteiger charge is 2.20. The van der Waals surface area contributed by atoms with Crippen LogP contribution in [0.3, 0.4) is 0 Å². The SMILES string of the molecule is C=CC[C@@H](CC)C(=O)OOC(=O)c1ccc(O)cc1. The van der Waals surface area contributed by atoms with Gasteiger partial charge in [-0.05, 0) is 37.1 Å². The molecule has 1 aromatic carbocycles. The first-order valence-corrected chi connectivity index (χ1v) is 5.91. The van der Waals surface area contributed by atoms with Crippen molar-refractivity contribution in [2.24, 2.45) is 5.92 Å². The molecular formula is C14H16O5.